The smallest absolute Gasteiger partial charge is 0.243 e. The van der Waals surface area contributed by atoms with Crippen LogP contribution in [-0.4, -0.2) is 54.8 Å². The van der Waals surface area contributed by atoms with Crippen LogP contribution in [0.3, 0.4) is 0 Å². The van der Waals surface area contributed by atoms with Gasteiger partial charge >= 0.3 is 0 Å². The summed E-state index contributed by atoms with van der Waals surface area (Å²) in [5, 5.41) is 0.518. The van der Waals surface area contributed by atoms with Crippen LogP contribution in [0, 0.1) is 0 Å². The number of halogens is 1. The zero-order chi connectivity index (χ0) is 15.6. The quantitative estimate of drug-likeness (QED) is 0.832. The molecule has 21 heavy (non-hydrogen) atoms. The molecule has 1 fully saturated rings. The molecule has 0 radical (unpaired) electrons. The fraction of sp³-hybridized carbons (Fsp3) is 0.462. The molecule has 1 saturated heterocycles. The van der Waals surface area contributed by atoms with E-state index in [0.717, 1.165) is 0 Å². The van der Waals surface area contributed by atoms with Crippen LogP contribution in [0.5, 0.6) is 0 Å². The highest BCUT2D eigenvalue weighted by atomic mass is 35.5. The Bertz CT molecular complexity index is 611. The summed E-state index contributed by atoms with van der Waals surface area (Å²) in [4.78, 5) is 2.79. The van der Waals surface area contributed by atoms with E-state index in [-0.39, 0.29) is 10.9 Å². The predicted molar refractivity (Wildman–Crippen MR) is 88.0 cm³/mol. The molecule has 2 N–H and O–H groups in total. The van der Waals surface area contributed by atoms with Gasteiger partial charge in [-0.25, -0.2) is 8.42 Å². The molecular weight excluding hydrogens is 330 g/mol. The Hall–Kier alpha value is -0.730. The summed E-state index contributed by atoms with van der Waals surface area (Å²) in [7, 11) is -3.46. The third-order valence-corrected chi connectivity index (χ3v) is 6.19. The summed E-state index contributed by atoms with van der Waals surface area (Å²) in [6, 6.07) is 6.21. The number of sulfonamides is 1. The highest BCUT2D eigenvalue weighted by Crippen LogP contribution is 2.20. The van der Waals surface area contributed by atoms with E-state index in [0.29, 0.717) is 36.2 Å². The van der Waals surface area contributed by atoms with Gasteiger partial charge < -0.3 is 5.73 Å². The third-order valence-electron chi connectivity index (χ3n) is 3.68. The molecule has 1 unspecified atom stereocenters. The molecule has 0 amide bonds. The van der Waals surface area contributed by atoms with Crippen molar-refractivity contribution in [2.75, 3.05) is 26.2 Å². The highest BCUT2D eigenvalue weighted by molar-refractivity contribution is 7.89. The monoisotopic (exact) mass is 347 g/mol. The Morgan fingerprint density at radius 2 is 1.76 bits per heavy atom. The van der Waals surface area contributed by atoms with Crippen molar-refractivity contribution in [1.82, 2.24) is 9.21 Å². The van der Waals surface area contributed by atoms with Gasteiger partial charge in [-0.1, -0.05) is 23.8 Å². The lowest BCUT2D eigenvalue weighted by Crippen LogP contribution is -2.53. The van der Waals surface area contributed by atoms with Crippen LogP contribution in [0.1, 0.15) is 6.92 Å². The molecule has 1 atom stereocenters. The van der Waals surface area contributed by atoms with Crippen molar-refractivity contribution in [3.63, 3.8) is 0 Å². The summed E-state index contributed by atoms with van der Waals surface area (Å²) >= 11 is 10.8. The lowest BCUT2D eigenvalue weighted by molar-refractivity contribution is 0.175. The lowest BCUT2D eigenvalue weighted by atomic mass is 10.2. The molecule has 0 aliphatic carbocycles. The molecule has 1 aliphatic rings. The topological polar surface area (TPSA) is 66.6 Å². The van der Waals surface area contributed by atoms with E-state index in [4.69, 9.17) is 29.6 Å². The second kappa shape index (κ2) is 6.58. The van der Waals surface area contributed by atoms with Crippen LogP contribution in [0.4, 0.5) is 0 Å². The predicted octanol–water partition coefficient (Wildman–Crippen LogP) is 1.32. The minimum absolute atomic E-state index is 0.0135. The molecule has 116 valence electrons. The van der Waals surface area contributed by atoms with Crippen molar-refractivity contribution in [1.29, 1.82) is 0 Å². The SMILES string of the molecule is CC(C(N)=S)N1CCN(S(=O)(=O)c2ccc(Cl)cc2)CC1. The van der Waals surface area contributed by atoms with Crippen molar-refractivity contribution in [3.05, 3.63) is 29.3 Å². The van der Waals surface area contributed by atoms with Crippen LogP contribution in [0.2, 0.25) is 5.02 Å². The molecule has 2 rings (SSSR count). The van der Waals surface area contributed by atoms with Crippen molar-refractivity contribution in [2.45, 2.75) is 17.9 Å². The number of rotatable bonds is 4. The first kappa shape index (κ1) is 16.6. The zero-order valence-corrected chi connectivity index (χ0v) is 14.1. The van der Waals surface area contributed by atoms with Crippen LogP contribution in [0.15, 0.2) is 29.2 Å². The Kier molecular flexibility index (Phi) is 5.21. The Labute approximate surface area is 135 Å². The van der Waals surface area contributed by atoms with E-state index in [1.165, 1.54) is 16.4 Å². The fourth-order valence-corrected chi connectivity index (χ4v) is 3.96. The number of hydrogen-bond acceptors (Lipinski definition) is 4. The number of nitrogens with two attached hydrogens (primary N) is 1. The first-order chi connectivity index (χ1) is 9.82. The van der Waals surface area contributed by atoms with E-state index in [2.05, 4.69) is 4.90 Å². The van der Waals surface area contributed by atoms with Gasteiger partial charge in [-0.15, -0.1) is 0 Å². The summed E-state index contributed by atoms with van der Waals surface area (Å²) in [5.41, 5.74) is 5.64. The Balaban J connectivity index is 2.07. The molecule has 1 aromatic carbocycles. The van der Waals surface area contributed by atoms with Gasteiger partial charge in [0.05, 0.1) is 15.9 Å². The molecule has 1 aliphatic heterocycles. The molecule has 0 spiro atoms. The molecule has 0 aromatic heterocycles. The normalized spacial score (nSPS) is 19.3. The Morgan fingerprint density at radius 3 is 2.24 bits per heavy atom. The average Bonchev–Trinajstić information content (AvgIpc) is 2.47. The molecule has 0 bridgehead atoms. The minimum atomic E-state index is -3.46. The maximum atomic E-state index is 12.5. The van der Waals surface area contributed by atoms with Gasteiger partial charge in [-0.3, -0.25) is 4.90 Å². The second-order valence-corrected chi connectivity index (χ2v) is 7.82. The number of piperazine rings is 1. The zero-order valence-electron chi connectivity index (χ0n) is 11.7. The largest absolute Gasteiger partial charge is 0.392 e. The molecule has 1 aromatic rings. The standard InChI is InChI=1S/C13H18ClN3O2S2/c1-10(13(15)20)16-6-8-17(9-7-16)21(18,19)12-4-2-11(14)3-5-12/h2-5,10H,6-9H2,1H3,(H2,15,20). The van der Waals surface area contributed by atoms with Crippen LogP contribution in [0.25, 0.3) is 0 Å². The van der Waals surface area contributed by atoms with Crippen molar-refractivity contribution >= 4 is 38.8 Å². The van der Waals surface area contributed by atoms with Crippen molar-refractivity contribution in [3.8, 4) is 0 Å². The molecule has 8 heteroatoms. The fourth-order valence-electron chi connectivity index (χ4n) is 2.27. The summed E-state index contributed by atoms with van der Waals surface area (Å²) in [5.74, 6) is 0. The van der Waals surface area contributed by atoms with Gasteiger partial charge in [0.1, 0.15) is 0 Å². The first-order valence-electron chi connectivity index (χ1n) is 6.61. The maximum absolute atomic E-state index is 12.5. The van der Waals surface area contributed by atoms with E-state index >= 15 is 0 Å². The van der Waals surface area contributed by atoms with E-state index in [1.807, 2.05) is 6.92 Å². The average molecular weight is 348 g/mol. The number of hydrogen-bond donors (Lipinski definition) is 1. The second-order valence-electron chi connectivity index (χ2n) is 4.97. The van der Waals surface area contributed by atoms with E-state index in [9.17, 15) is 8.42 Å². The van der Waals surface area contributed by atoms with Crippen molar-refractivity contribution < 1.29 is 8.42 Å². The van der Waals surface area contributed by atoms with Crippen LogP contribution < -0.4 is 5.73 Å². The number of benzene rings is 1. The lowest BCUT2D eigenvalue weighted by Gasteiger charge is -2.36. The highest BCUT2D eigenvalue weighted by Gasteiger charge is 2.30. The summed E-state index contributed by atoms with van der Waals surface area (Å²) in [6.07, 6.45) is 0. The maximum Gasteiger partial charge on any atom is 0.243 e. The number of nitrogens with zero attached hydrogens (tertiary/aromatic N) is 2. The van der Waals surface area contributed by atoms with Gasteiger partial charge in [0.25, 0.3) is 0 Å². The number of thiocarbonyl (C=S) groups is 1. The van der Waals surface area contributed by atoms with Crippen LogP contribution >= 0.6 is 23.8 Å². The van der Waals surface area contributed by atoms with E-state index in [1.54, 1.807) is 12.1 Å². The van der Waals surface area contributed by atoms with Gasteiger partial charge in [-0.2, -0.15) is 4.31 Å². The van der Waals surface area contributed by atoms with Crippen molar-refractivity contribution in [2.24, 2.45) is 5.73 Å². The first-order valence-corrected chi connectivity index (χ1v) is 8.84. The Morgan fingerprint density at radius 1 is 1.24 bits per heavy atom. The van der Waals surface area contributed by atoms with Gasteiger partial charge in [0.15, 0.2) is 0 Å². The summed E-state index contributed by atoms with van der Waals surface area (Å²) < 4.78 is 26.5. The minimum Gasteiger partial charge on any atom is -0.392 e. The molecule has 1 heterocycles. The molecule has 0 saturated carbocycles. The third kappa shape index (κ3) is 3.73. The van der Waals surface area contributed by atoms with Gasteiger partial charge in [0, 0.05) is 31.2 Å². The summed E-state index contributed by atoms with van der Waals surface area (Å²) in [6.45, 7) is 4.03. The van der Waals surface area contributed by atoms with Crippen LogP contribution in [-0.2, 0) is 10.0 Å². The molecule has 5 nitrogen and oxygen atoms in total. The molecular formula is C13H18ClN3O2S2. The van der Waals surface area contributed by atoms with Gasteiger partial charge in [-0.05, 0) is 31.2 Å². The van der Waals surface area contributed by atoms with E-state index < -0.39 is 10.0 Å². The van der Waals surface area contributed by atoms with Gasteiger partial charge in [0.2, 0.25) is 10.0 Å².